The monoisotopic (exact) mass is 252 g/mol. The zero-order chi connectivity index (χ0) is 12.4. The molecule has 0 unspecified atom stereocenters. The van der Waals surface area contributed by atoms with Gasteiger partial charge in [-0.2, -0.15) is 0 Å². The summed E-state index contributed by atoms with van der Waals surface area (Å²) in [4.78, 5) is 13.8. The van der Waals surface area contributed by atoms with E-state index >= 15 is 0 Å². The Hall–Kier alpha value is -1.03. The van der Waals surface area contributed by atoms with Crippen molar-refractivity contribution in [3.8, 4) is 0 Å². The summed E-state index contributed by atoms with van der Waals surface area (Å²) in [6.45, 7) is 4.22. The van der Waals surface area contributed by atoms with Gasteiger partial charge in [0.25, 0.3) is 5.91 Å². The van der Waals surface area contributed by atoms with E-state index in [1.54, 1.807) is 6.07 Å². The number of aryl methyl sites for hydroxylation is 1. The lowest BCUT2D eigenvalue weighted by atomic mass is 9.87. The van der Waals surface area contributed by atoms with Crippen molar-refractivity contribution in [3.05, 3.63) is 15.8 Å². The van der Waals surface area contributed by atoms with Crippen LogP contribution in [-0.4, -0.2) is 11.9 Å². The van der Waals surface area contributed by atoms with Crippen molar-refractivity contribution >= 4 is 22.9 Å². The fraction of sp³-hybridized carbons (Fsp3) is 0.615. The van der Waals surface area contributed by atoms with E-state index in [0.717, 1.165) is 34.2 Å². The third kappa shape index (κ3) is 3.00. The van der Waals surface area contributed by atoms with Crippen LogP contribution in [0.5, 0.6) is 0 Å². The molecule has 1 saturated carbocycles. The van der Waals surface area contributed by atoms with Crippen molar-refractivity contribution in [2.45, 2.75) is 45.6 Å². The molecule has 1 fully saturated rings. The van der Waals surface area contributed by atoms with Gasteiger partial charge >= 0.3 is 0 Å². The van der Waals surface area contributed by atoms with Crippen LogP contribution in [-0.2, 0) is 0 Å². The van der Waals surface area contributed by atoms with E-state index in [1.165, 1.54) is 24.2 Å². The molecule has 0 spiro atoms. The molecular formula is C13H20N2OS. The molecule has 0 bridgehead atoms. The van der Waals surface area contributed by atoms with E-state index in [2.05, 4.69) is 12.2 Å². The second-order valence-electron chi connectivity index (χ2n) is 5.05. The van der Waals surface area contributed by atoms with Crippen LogP contribution in [0.4, 0.5) is 5.69 Å². The maximum atomic E-state index is 12.0. The Balaban J connectivity index is 1.93. The quantitative estimate of drug-likeness (QED) is 0.850. The maximum Gasteiger partial charge on any atom is 0.261 e. The van der Waals surface area contributed by atoms with Crippen molar-refractivity contribution in [1.29, 1.82) is 0 Å². The van der Waals surface area contributed by atoms with Crippen molar-refractivity contribution in [1.82, 2.24) is 5.32 Å². The summed E-state index contributed by atoms with van der Waals surface area (Å²) in [5, 5.41) is 3.11. The van der Waals surface area contributed by atoms with Crippen molar-refractivity contribution < 1.29 is 4.79 Å². The number of nitrogens with two attached hydrogens (primary N) is 1. The van der Waals surface area contributed by atoms with Crippen LogP contribution in [0.3, 0.4) is 0 Å². The van der Waals surface area contributed by atoms with E-state index < -0.39 is 0 Å². The normalized spacial score (nSPS) is 24.6. The minimum atomic E-state index is 0.0364. The number of carbonyl (C=O) groups is 1. The summed E-state index contributed by atoms with van der Waals surface area (Å²) in [5.41, 5.74) is 6.48. The third-order valence-electron chi connectivity index (χ3n) is 3.53. The lowest BCUT2D eigenvalue weighted by Crippen LogP contribution is -2.36. The standard InChI is InChI=1S/C13H20N2OS/c1-8-3-5-10(6-4-8)15-13(16)12-7-11(14)9(2)17-12/h7-8,10H,3-6,14H2,1-2H3,(H,15,16). The zero-order valence-electron chi connectivity index (χ0n) is 10.5. The Morgan fingerprint density at radius 2 is 2.06 bits per heavy atom. The molecule has 0 radical (unpaired) electrons. The Morgan fingerprint density at radius 1 is 1.41 bits per heavy atom. The first-order valence-corrected chi connectivity index (χ1v) is 7.04. The van der Waals surface area contributed by atoms with Crippen LogP contribution in [0, 0.1) is 12.8 Å². The molecule has 1 heterocycles. The highest BCUT2D eigenvalue weighted by Crippen LogP contribution is 2.26. The Morgan fingerprint density at radius 3 is 2.59 bits per heavy atom. The fourth-order valence-electron chi connectivity index (χ4n) is 2.27. The first kappa shape index (κ1) is 12.4. The highest BCUT2D eigenvalue weighted by molar-refractivity contribution is 7.14. The number of amides is 1. The molecule has 1 aliphatic rings. The van der Waals surface area contributed by atoms with E-state index in [1.807, 2.05) is 6.92 Å². The Bertz CT molecular complexity index is 386. The number of anilines is 1. The van der Waals surface area contributed by atoms with Gasteiger partial charge in [0.05, 0.1) is 4.88 Å². The van der Waals surface area contributed by atoms with Gasteiger partial charge in [0.1, 0.15) is 0 Å². The van der Waals surface area contributed by atoms with Gasteiger partial charge in [-0.1, -0.05) is 6.92 Å². The van der Waals surface area contributed by atoms with Gasteiger partial charge in [-0.3, -0.25) is 4.79 Å². The third-order valence-corrected chi connectivity index (χ3v) is 4.60. The molecule has 0 atom stereocenters. The van der Waals surface area contributed by atoms with E-state index in [0.29, 0.717) is 6.04 Å². The second-order valence-corrected chi connectivity index (χ2v) is 6.31. The number of rotatable bonds is 2. The summed E-state index contributed by atoms with van der Waals surface area (Å²) in [6.07, 6.45) is 4.65. The molecule has 2 rings (SSSR count). The molecule has 17 heavy (non-hydrogen) atoms. The number of hydrogen-bond donors (Lipinski definition) is 2. The summed E-state index contributed by atoms with van der Waals surface area (Å²) < 4.78 is 0. The minimum Gasteiger partial charge on any atom is -0.398 e. The molecule has 0 saturated heterocycles. The summed E-state index contributed by atoms with van der Waals surface area (Å²) in [5.74, 6) is 0.845. The van der Waals surface area contributed by atoms with E-state index in [-0.39, 0.29) is 5.91 Å². The van der Waals surface area contributed by atoms with Crippen molar-refractivity contribution in [2.75, 3.05) is 5.73 Å². The van der Waals surface area contributed by atoms with Crippen molar-refractivity contribution in [3.63, 3.8) is 0 Å². The molecule has 1 aliphatic carbocycles. The highest BCUT2D eigenvalue weighted by atomic mass is 32.1. The second kappa shape index (κ2) is 5.08. The Labute approximate surface area is 106 Å². The summed E-state index contributed by atoms with van der Waals surface area (Å²) in [7, 11) is 0. The van der Waals surface area contributed by atoms with Gasteiger partial charge in [0, 0.05) is 16.6 Å². The smallest absolute Gasteiger partial charge is 0.261 e. The van der Waals surface area contributed by atoms with Crippen LogP contribution >= 0.6 is 11.3 Å². The number of hydrogen-bond acceptors (Lipinski definition) is 3. The fourth-order valence-corrected chi connectivity index (χ4v) is 3.11. The Kier molecular flexibility index (Phi) is 3.72. The van der Waals surface area contributed by atoms with Crippen LogP contribution in [0.1, 0.15) is 47.2 Å². The van der Waals surface area contributed by atoms with Gasteiger partial charge < -0.3 is 11.1 Å². The van der Waals surface area contributed by atoms with E-state index in [9.17, 15) is 4.79 Å². The molecule has 94 valence electrons. The van der Waals surface area contributed by atoms with Crippen LogP contribution < -0.4 is 11.1 Å². The molecule has 3 nitrogen and oxygen atoms in total. The zero-order valence-corrected chi connectivity index (χ0v) is 11.3. The number of carbonyl (C=O) groups excluding carboxylic acids is 1. The minimum absolute atomic E-state index is 0.0364. The maximum absolute atomic E-state index is 12.0. The molecule has 1 amide bonds. The predicted octanol–water partition coefficient (Wildman–Crippen LogP) is 2.95. The molecule has 1 aromatic rings. The molecule has 0 aliphatic heterocycles. The van der Waals surface area contributed by atoms with Gasteiger partial charge in [0.2, 0.25) is 0 Å². The molecule has 1 aromatic heterocycles. The SMILES string of the molecule is Cc1sc(C(=O)NC2CCC(C)CC2)cc1N. The molecular weight excluding hydrogens is 232 g/mol. The number of nitrogens with one attached hydrogen (secondary N) is 1. The van der Waals surface area contributed by atoms with Crippen LogP contribution in [0.2, 0.25) is 0 Å². The predicted molar refractivity (Wildman–Crippen MR) is 72.4 cm³/mol. The average Bonchev–Trinajstić information content (AvgIpc) is 2.63. The van der Waals surface area contributed by atoms with E-state index in [4.69, 9.17) is 5.73 Å². The van der Waals surface area contributed by atoms with Crippen molar-refractivity contribution in [2.24, 2.45) is 5.92 Å². The van der Waals surface area contributed by atoms with Crippen LogP contribution in [0.15, 0.2) is 6.07 Å². The largest absolute Gasteiger partial charge is 0.398 e. The lowest BCUT2D eigenvalue weighted by Gasteiger charge is -2.26. The average molecular weight is 252 g/mol. The van der Waals surface area contributed by atoms with Gasteiger partial charge in [-0.05, 0) is 44.6 Å². The number of thiophene rings is 1. The first-order valence-electron chi connectivity index (χ1n) is 6.23. The molecule has 3 N–H and O–H groups in total. The molecule has 0 aromatic carbocycles. The van der Waals surface area contributed by atoms with Gasteiger partial charge in [0.15, 0.2) is 0 Å². The van der Waals surface area contributed by atoms with Gasteiger partial charge in [-0.15, -0.1) is 11.3 Å². The molecule has 4 heteroatoms. The number of nitrogen functional groups attached to an aromatic ring is 1. The highest BCUT2D eigenvalue weighted by Gasteiger charge is 2.21. The lowest BCUT2D eigenvalue weighted by molar-refractivity contribution is 0.0927. The van der Waals surface area contributed by atoms with Gasteiger partial charge in [-0.25, -0.2) is 0 Å². The summed E-state index contributed by atoms with van der Waals surface area (Å²) >= 11 is 1.47. The topological polar surface area (TPSA) is 55.1 Å². The summed E-state index contributed by atoms with van der Waals surface area (Å²) in [6, 6.07) is 2.13. The first-order chi connectivity index (χ1) is 8.06. The van der Waals surface area contributed by atoms with Crippen LogP contribution in [0.25, 0.3) is 0 Å².